The quantitative estimate of drug-likeness (QED) is 0.474. The third-order valence-corrected chi connectivity index (χ3v) is 5.11. The van der Waals surface area contributed by atoms with Gasteiger partial charge in [-0.3, -0.25) is 4.79 Å². The van der Waals surface area contributed by atoms with Crippen molar-refractivity contribution in [3.8, 4) is 5.75 Å². The van der Waals surface area contributed by atoms with Gasteiger partial charge in [0.25, 0.3) is 5.91 Å². The molecule has 0 spiro atoms. The van der Waals surface area contributed by atoms with Gasteiger partial charge in [-0.1, -0.05) is 57.2 Å². The summed E-state index contributed by atoms with van der Waals surface area (Å²) in [4.78, 5) is 23.6. The van der Waals surface area contributed by atoms with Crippen LogP contribution in [0.2, 0.25) is 0 Å². The highest BCUT2D eigenvalue weighted by Gasteiger charge is 2.23. The Kier molecular flexibility index (Phi) is 11.6. The molecule has 0 saturated carbocycles. The lowest BCUT2D eigenvalue weighted by molar-refractivity contribution is -0.142. The average Bonchev–Trinajstić information content (AvgIpc) is 2.63. The number of ether oxygens (including phenoxy) is 1. The lowest BCUT2D eigenvalue weighted by atomic mass is 10.1. The number of para-hydroxylation sites is 1. The fraction of sp³-hybridized carbons (Fsp3) is 0.600. The van der Waals surface area contributed by atoms with Crippen LogP contribution in [0.1, 0.15) is 52.4 Å². The molecule has 0 aliphatic rings. The molecule has 5 nitrogen and oxygen atoms in total. The molecule has 1 amide bonds. The van der Waals surface area contributed by atoms with E-state index in [-0.39, 0.29) is 0 Å². The number of carboxylic acids is 1. The molecule has 2 atom stereocenters. The number of hydrogen-bond donors (Lipinski definition) is 2. The molecule has 26 heavy (non-hydrogen) atoms. The number of unbranched alkanes of at least 4 members (excludes halogenated alkanes) is 5. The van der Waals surface area contributed by atoms with Crippen LogP contribution in [0.3, 0.4) is 0 Å². The molecule has 2 N–H and O–H groups in total. The standard InChI is InChI=1S/C20H31NO4S/c1-3-4-5-6-7-11-14-26-15-18(20(23)24)21-19(22)16(2)25-17-12-9-8-10-13-17/h8-10,12-13,16,18H,3-7,11,14-15H2,1-2H3,(H,21,22)(H,23,24). The van der Waals surface area contributed by atoms with Crippen LogP contribution in [0.4, 0.5) is 0 Å². The van der Waals surface area contributed by atoms with Crippen molar-refractivity contribution in [1.82, 2.24) is 5.32 Å². The zero-order chi connectivity index (χ0) is 19.2. The highest BCUT2D eigenvalue weighted by molar-refractivity contribution is 7.99. The Labute approximate surface area is 160 Å². The first-order valence-corrected chi connectivity index (χ1v) is 10.5. The van der Waals surface area contributed by atoms with E-state index < -0.39 is 24.0 Å². The van der Waals surface area contributed by atoms with Gasteiger partial charge in [-0.05, 0) is 31.2 Å². The minimum absolute atomic E-state index is 0.369. The molecule has 146 valence electrons. The van der Waals surface area contributed by atoms with Gasteiger partial charge in [0, 0.05) is 5.75 Å². The summed E-state index contributed by atoms with van der Waals surface area (Å²) in [5.41, 5.74) is 0. The molecule has 0 aliphatic heterocycles. The Morgan fingerprint density at radius 3 is 2.42 bits per heavy atom. The van der Waals surface area contributed by atoms with E-state index >= 15 is 0 Å². The molecule has 1 rings (SSSR count). The molecule has 0 saturated heterocycles. The predicted molar refractivity (Wildman–Crippen MR) is 107 cm³/mol. The van der Waals surface area contributed by atoms with E-state index in [2.05, 4.69) is 12.2 Å². The predicted octanol–water partition coefficient (Wildman–Crippen LogP) is 4.12. The van der Waals surface area contributed by atoms with E-state index in [0.717, 1.165) is 12.2 Å². The van der Waals surface area contributed by atoms with Gasteiger partial charge in [-0.15, -0.1) is 0 Å². The van der Waals surface area contributed by atoms with E-state index in [1.807, 2.05) is 18.2 Å². The van der Waals surface area contributed by atoms with Crippen LogP contribution in [-0.4, -0.2) is 40.6 Å². The van der Waals surface area contributed by atoms with E-state index in [0.29, 0.717) is 11.5 Å². The topological polar surface area (TPSA) is 75.6 Å². The molecule has 0 radical (unpaired) electrons. The molecule has 0 aliphatic carbocycles. The summed E-state index contributed by atoms with van der Waals surface area (Å²) in [6.07, 6.45) is 6.55. The molecule has 2 unspecified atom stereocenters. The van der Waals surface area contributed by atoms with Gasteiger partial charge in [0.05, 0.1) is 0 Å². The van der Waals surface area contributed by atoms with E-state index in [9.17, 15) is 14.7 Å². The molecule has 0 aromatic heterocycles. The van der Waals surface area contributed by atoms with Gasteiger partial charge < -0.3 is 15.2 Å². The lowest BCUT2D eigenvalue weighted by Crippen LogP contribution is -2.47. The van der Waals surface area contributed by atoms with Gasteiger partial charge in [0.1, 0.15) is 11.8 Å². The molecule has 6 heteroatoms. The van der Waals surface area contributed by atoms with Crippen LogP contribution < -0.4 is 10.1 Å². The fourth-order valence-electron chi connectivity index (χ4n) is 2.41. The first-order valence-electron chi connectivity index (χ1n) is 9.37. The third kappa shape index (κ3) is 9.70. The minimum atomic E-state index is -1.01. The van der Waals surface area contributed by atoms with Crippen molar-refractivity contribution in [2.75, 3.05) is 11.5 Å². The number of hydrogen-bond acceptors (Lipinski definition) is 4. The summed E-state index contributed by atoms with van der Waals surface area (Å²) in [7, 11) is 0. The second-order valence-corrected chi connectivity index (χ2v) is 7.47. The van der Waals surface area contributed by atoms with Gasteiger partial charge >= 0.3 is 5.97 Å². The monoisotopic (exact) mass is 381 g/mol. The molecular formula is C20H31NO4S. The average molecular weight is 382 g/mol. The summed E-state index contributed by atoms with van der Waals surface area (Å²) in [6.45, 7) is 3.81. The summed E-state index contributed by atoms with van der Waals surface area (Å²) in [6, 6.07) is 8.12. The SMILES string of the molecule is CCCCCCCCSCC(NC(=O)C(C)Oc1ccccc1)C(=O)O. The van der Waals surface area contributed by atoms with E-state index in [1.165, 1.54) is 32.1 Å². The normalized spacial score (nSPS) is 13.0. The number of carbonyl (C=O) groups is 2. The first kappa shape index (κ1) is 22.4. The lowest BCUT2D eigenvalue weighted by Gasteiger charge is -2.18. The molecule has 1 aromatic carbocycles. The van der Waals surface area contributed by atoms with Gasteiger partial charge in [-0.2, -0.15) is 11.8 Å². The number of nitrogens with one attached hydrogen (secondary N) is 1. The van der Waals surface area contributed by atoms with Gasteiger partial charge in [0.15, 0.2) is 6.10 Å². The van der Waals surface area contributed by atoms with E-state index in [1.54, 1.807) is 30.8 Å². The number of rotatable bonds is 14. The maximum Gasteiger partial charge on any atom is 0.327 e. The Hall–Kier alpha value is -1.69. The minimum Gasteiger partial charge on any atom is -0.481 e. The Morgan fingerprint density at radius 1 is 1.12 bits per heavy atom. The third-order valence-electron chi connectivity index (χ3n) is 3.97. The van der Waals surface area contributed by atoms with Crippen LogP contribution >= 0.6 is 11.8 Å². The maximum absolute atomic E-state index is 12.2. The maximum atomic E-state index is 12.2. The Bertz CT molecular complexity index is 524. The largest absolute Gasteiger partial charge is 0.481 e. The summed E-state index contributed by atoms with van der Waals surface area (Å²) in [5.74, 6) is 0.442. The van der Waals surface area contributed by atoms with Crippen molar-refractivity contribution in [3.63, 3.8) is 0 Å². The van der Waals surface area contributed by atoms with Crippen LogP contribution in [0.25, 0.3) is 0 Å². The molecule has 0 fully saturated rings. The van der Waals surface area contributed by atoms with Crippen LogP contribution in [0.15, 0.2) is 30.3 Å². The summed E-state index contributed by atoms with van der Waals surface area (Å²) in [5, 5.41) is 11.9. The number of carboxylic acid groups (broad SMARTS) is 1. The number of carbonyl (C=O) groups excluding carboxylic acids is 1. The van der Waals surface area contributed by atoms with Gasteiger partial charge in [0.2, 0.25) is 0 Å². The number of thioether (sulfide) groups is 1. The van der Waals surface area contributed by atoms with Crippen molar-refractivity contribution in [1.29, 1.82) is 0 Å². The van der Waals surface area contributed by atoms with Crippen molar-refractivity contribution in [2.45, 2.75) is 64.5 Å². The Balaban J connectivity index is 2.28. The van der Waals surface area contributed by atoms with Crippen LogP contribution in [-0.2, 0) is 9.59 Å². The van der Waals surface area contributed by atoms with Crippen molar-refractivity contribution >= 4 is 23.6 Å². The second-order valence-electron chi connectivity index (χ2n) is 6.32. The number of aliphatic carboxylic acids is 1. The number of amides is 1. The molecule has 0 bridgehead atoms. The van der Waals surface area contributed by atoms with Gasteiger partial charge in [-0.25, -0.2) is 4.79 Å². The zero-order valence-electron chi connectivity index (χ0n) is 15.8. The molecule has 0 heterocycles. The summed E-state index contributed by atoms with van der Waals surface area (Å²) >= 11 is 1.57. The summed E-state index contributed by atoms with van der Waals surface area (Å²) < 4.78 is 5.53. The first-order chi connectivity index (χ1) is 12.5. The zero-order valence-corrected chi connectivity index (χ0v) is 16.6. The smallest absolute Gasteiger partial charge is 0.327 e. The second kappa shape index (κ2) is 13.5. The Morgan fingerprint density at radius 2 is 1.77 bits per heavy atom. The van der Waals surface area contributed by atoms with Crippen LogP contribution in [0, 0.1) is 0 Å². The van der Waals surface area contributed by atoms with E-state index in [4.69, 9.17) is 4.74 Å². The van der Waals surface area contributed by atoms with Crippen molar-refractivity contribution < 1.29 is 19.4 Å². The van der Waals surface area contributed by atoms with Crippen molar-refractivity contribution in [2.24, 2.45) is 0 Å². The number of benzene rings is 1. The van der Waals surface area contributed by atoms with Crippen LogP contribution in [0.5, 0.6) is 5.75 Å². The molecule has 1 aromatic rings. The highest BCUT2D eigenvalue weighted by Crippen LogP contribution is 2.13. The molecular weight excluding hydrogens is 350 g/mol. The van der Waals surface area contributed by atoms with Crippen molar-refractivity contribution in [3.05, 3.63) is 30.3 Å². The fourth-order valence-corrected chi connectivity index (χ4v) is 3.44. The highest BCUT2D eigenvalue weighted by atomic mass is 32.2.